The van der Waals surface area contributed by atoms with Crippen molar-refractivity contribution < 1.29 is 0 Å². The molecule has 16 heavy (non-hydrogen) atoms. The molecule has 0 aromatic carbocycles. The van der Waals surface area contributed by atoms with Crippen LogP contribution in [0.15, 0.2) is 9.85 Å². The maximum atomic E-state index is 6.01. The van der Waals surface area contributed by atoms with E-state index in [1.54, 1.807) is 0 Å². The Morgan fingerprint density at radius 2 is 2.25 bits per heavy atom. The van der Waals surface area contributed by atoms with E-state index in [1.807, 2.05) is 11.3 Å². The van der Waals surface area contributed by atoms with Gasteiger partial charge in [0.2, 0.25) is 0 Å². The summed E-state index contributed by atoms with van der Waals surface area (Å²) in [5, 5.41) is 0. The van der Waals surface area contributed by atoms with E-state index in [1.165, 1.54) is 14.2 Å². The van der Waals surface area contributed by atoms with Gasteiger partial charge in [-0.25, -0.2) is 0 Å². The van der Waals surface area contributed by atoms with Crippen LogP contribution in [0.25, 0.3) is 0 Å². The van der Waals surface area contributed by atoms with Gasteiger partial charge >= 0.3 is 0 Å². The third-order valence-electron chi connectivity index (χ3n) is 3.03. The van der Waals surface area contributed by atoms with Gasteiger partial charge in [-0.2, -0.15) is 0 Å². The Balaban J connectivity index is 0.00000128. The van der Waals surface area contributed by atoms with Crippen LogP contribution >= 0.6 is 39.7 Å². The fraction of sp³-hybridized carbons (Fsp3) is 0.636. The molecule has 0 radical (unpaired) electrons. The zero-order chi connectivity index (χ0) is 11.0. The summed E-state index contributed by atoms with van der Waals surface area (Å²) in [6.45, 7) is 7.60. The summed E-state index contributed by atoms with van der Waals surface area (Å²) in [7, 11) is 0. The summed E-state index contributed by atoms with van der Waals surface area (Å²) in [6.07, 6.45) is 0. The van der Waals surface area contributed by atoms with Gasteiger partial charge in [0, 0.05) is 30.6 Å². The molecule has 2 N–H and O–H groups in total. The average Bonchev–Trinajstić information content (AvgIpc) is 2.59. The molecule has 1 aromatic heterocycles. The number of nitrogens with zero attached hydrogens (tertiary/aromatic N) is 1. The SMILES string of the molecule is Cc1cc(CN2CC(C)C(N)C2)sc1Br.Cl. The number of thiophene rings is 1. The fourth-order valence-electron chi connectivity index (χ4n) is 2.05. The molecule has 0 saturated carbocycles. The zero-order valence-electron chi connectivity index (χ0n) is 9.57. The van der Waals surface area contributed by atoms with E-state index < -0.39 is 0 Å². The van der Waals surface area contributed by atoms with Crippen LogP contribution < -0.4 is 5.73 Å². The Labute approximate surface area is 116 Å². The predicted molar refractivity (Wildman–Crippen MR) is 76.4 cm³/mol. The van der Waals surface area contributed by atoms with Gasteiger partial charge in [0.15, 0.2) is 0 Å². The molecule has 0 amide bonds. The highest BCUT2D eigenvalue weighted by molar-refractivity contribution is 9.11. The van der Waals surface area contributed by atoms with Gasteiger partial charge in [-0.3, -0.25) is 4.90 Å². The van der Waals surface area contributed by atoms with Crippen LogP contribution in [0, 0.1) is 12.8 Å². The molecule has 1 fully saturated rings. The van der Waals surface area contributed by atoms with Gasteiger partial charge in [-0.1, -0.05) is 6.92 Å². The molecule has 1 aliphatic rings. The van der Waals surface area contributed by atoms with E-state index in [0.717, 1.165) is 19.6 Å². The minimum atomic E-state index is 0. The molecule has 92 valence electrons. The fourth-order valence-corrected chi connectivity index (χ4v) is 3.72. The van der Waals surface area contributed by atoms with Gasteiger partial charge in [0.1, 0.15) is 0 Å². The summed E-state index contributed by atoms with van der Waals surface area (Å²) >= 11 is 5.40. The van der Waals surface area contributed by atoms with Gasteiger partial charge in [0.25, 0.3) is 0 Å². The summed E-state index contributed by atoms with van der Waals surface area (Å²) in [4.78, 5) is 3.88. The third kappa shape index (κ3) is 3.20. The molecule has 2 unspecified atom stereocenters. The molecule has 0 aliphatic carbocycles. The number of halogens is 2. The number of hydrogen-bond acceptors (Lipinski definition) is 3. The third-order valence-corrected chi connectivity index (χ3v) is 5.16. The zero-order valence-corrected chi connectivity index (χ0v) is 12.8. The predicted octanol–water partition coefficient (Wildman–Crippen LogP) is 3.02. The first-order valence-corrected chi connectivity index (χ1v) is 6.90. The standard InChI is InChI=1S/C11H17BrN2S.ClH/c1-7-3-9(15-11(7)12)5-14-4-8(2)10(13)6-14;/h3,8,10H,4-6,13H2,1-2H3;1H. The smallest absolute Gasteiger partial charge is 0.0730 e. The molecule has 2 nitrogen and oxygen atoms in total. The minimum Gasteiger partial charge on any atom is -0.326 e. The topological polar surface area (TPSA) is 29.3 Å². The molecular formula is C11H18BrClN2S. The van der Waals surface area contributed by atoms with Crippen LogP contribution in [-0.2, 0) is 6.54 Å². The van der Waals surface area contributed by atoms with E-state index in [9.17, 15) is 0 Å². The van der Waals surface area contributed by atoms with Gasteiger partial charge < -0.3 is 5.73 Å². The molecule has 1 aliphatic heterocycles. The average molecular weight is 326 g/mol. The lowest BCUT2D eigenvalue weighted by atomic mass is 10.1. The minimum absolute atomic E-state index is 0. The lowest BCUT2D eigenvalue weighted by Gasteiger charge is -2.13. The second-order valence-electron chi connectivity index (χ2n) is 4.50. The quantitative estimate of drug-likeness (QED) is 0.905. The normalized spacial score (nSPS) is 25.8. The molecule has 2 rings (SSSR count). The number of hydrogen-bond donors (Lipinski definition) is 1. The largest absolute Gasteiger partial charge is 0.326 e. The van der Waals surface area contributed by atoms with E-state index in [0.29, 0.717) is 12.0 Å². The van der Waals surface area contributed by atoms with Crippen molar-refractivity contribution in [3.8, 4) is 0 Å². The molecule has 1 saturated heterocycles. The molecule has 2 heterocycles. The Hall–Kier alpha value is 0.390. The first-order valence-electron chi connectivity index (χ1n) is 5.29. The molecule has 5 heteroatoms. The molecule has 0 spiro atoms. The van der Waals surface area contributed by atoms with Crippen LogP contribution in [-0.4, -0.2) is 24.0 Å². The summed E-state index contributed by atoms with van der Waals surface area (Å²) in [5.74, 6) is 0.634. The van der Waals surface area contributed by atoms with Crippen molar-refractivity contribution in [3.05, 3.63) is 20.3 Å². The van der Waals surface area contributed by atoms with Crippen molar-refractivity contribution in [3.63, 3.8) is 0 Å². The summed E-state index contributed by atoms with van der Waals surface area (Å²) in [5.41, 5.74) is 7.35. The van der Waals surface area contributed by atoms with Crippen molar-refractivity contribution in [2.24, 2.45) is 11.7 Å². The van der Waals surface area contributed by atoms with E-state index in [4.69, 9.17) is 5.73 Å². The summed E-state index contributed by atoms with van der Waals surface area (Å²) < 4.78 is 1.26. The van der Waals surface area contributed by atoms with Gasteiger partial charge in [-0.05, 0) is 40.4 Å². The maximum Gasteiger partial charge on any atom is 0.0730 e. The van der Waals surface area contributed by atoms with Crippen LogP contribution in [0.2, 0.25) is 0 Å². The molecule has 0 bridgehead atoms. The molecule has 1 aromatic rings. The highest BCUT2D eigenvalue weighted by Crippen LogP contribution is 2.29. The highest BCUT2D eigenvalue weighted by atomic mass is 79.9. The van der Waals surface area contributed by atoms with Crippen molar-refractivity contribution in [1.82, 2.24) is 4.90 Å². The van der Waals surface area contributed by atoms with E-state index in [-0.39, 0.29) is 12.4 Å². The van der Waals surface area contributed by atoms with E-state index in [2.05, 4.69) is 40.7 Å². The number of rotatable bonds is 2. The van der Waals surface area contributed by atoms with Crippen LogP contribution in [0.1, 0.15) is 17.4 Å². The van der Waals surface area contributed by atoms with E-state index >= 15 is 0 Å². The monoisotopic (exact) mass is 324 g/mol. The highest BCUT2D eigenvalue weighted by Gasteiger charge is 2.26. The van der Waals surface area contributed by atoms with Crippen LogP contribution in [0.3, 0.4) is 0 Å². The van der Waals surface area contributed by atoms with Crippen molar-refractivity contribution in [1.29, 1.82) is 0 Å². The number of aryl methyl sites for hydroxylation is 1. The lowest BCUT2D eigenvalue weighted by Crippen LogP contribution is -2.28. The summed E-state index contributed by atoms with van der Waals surface area (Å²) in [6, 6.07) is 2.62. The Morgan fingerprint density at radius 3 is 2.69 bits per heavy atom. The first kappa shape index (κ1) is 14.5. The first-order chi connectivity index (χ1) is 7.06. The van der Waals surface area contributed by atoms with Gasteiger partial charge in [0.05, 0.1) is 3.79 Å². The number of likely N-dealkylation sites (tertiary alicyclic amines) is 1. The Bertz CT molecular complexity index is 326. The van der Waals surface area contributed by atoms with Crippen molar-refractivity contribution >= 4 is 39.7 Å². The van der Waals surface area contributed by atoms with Crippen LogP contribution in [0.4, 0.5) is 0 Å². The molecular weight excluding hydrogens is 308 g/mol. The van der Waals surface area contributed by atoms with Gasteiger partial charge in [-0.15, -0.1) is 23.7 Å². The number of nitrogens with two attached hydrogens (primary N) is 1. The van der Waals surface area contributed by atoms with Crippen LogP contribution in [0.5, 0.6) is 0 Å². The molecule has 2 atom stereocenters. The Kier molecular flexibility index (Phi) is 5.26. The van der Waals surface area contributed by atoms with Crippen molar-refractivity contribution in [2.45, 2.75) is 26.4 Å². The van der Waals surface area contributed by atoms with Crippen molar-refractivity contribution in [2.75, 3.05) is 13.1 Å². The maximum absolute atomic E-state index is 6.01. The Morgan fingerprint density at radius 1 is 1.56 bits per heavy atom. The lowest BCUT2D eigenvalue weighted by molar-refractivity contribution is 0.322. The second kappa shape index (κ2) is 5.83. The second-order valence-corrected chi connectivity index (χ2v) is 6.96.